The third-order valence-electron chi connectivity index (χ3n) is 8.60. The standard InChI is InChI=1S/C37H34N4.Pt/c1-25(2)26-19-20-38-36(21-26)41-32-14-7-6-13-30(32)31-18-17-28(23-35(31)41)37(3,4)27-11-10-12-29(22-27)40-24-39(5)33-15-8-9-16-34(33)40;/h6-21,25H,24H2,1-5H3;/q-2;+2. The summed E-state index contributed by atoms with van der Waals surface area (Å²) in [6, 6.07) is 40.1. The molecule has 0 spiro atoms. The summed E-state index contributed by atoms with van der Waals surface area (Å²) in [7, 11) is 2.14. The smallest absolute Gasteiger partial charge is 0.355 e. The fraction of sp³-hybridized carbons (Fsp3) is 0.216. The number of hydrogen-bond donors (Lipinski definition) is 0. The molecule has 3 heterocycles. The predicted molar refractivity (Wildman–Crippen MR) is 171 cm³/mol. The van der Waals surface area contributed by atoms with Crippen molar-refractivity contribution in [2.45, 2.75) is 39.0 Å². The molecule has 4 aromatic carbocycles. The van der Waals surface area contributed by atoms with Gasteiger partial charge in [0.25, 0.3) is 0 Å². The number of aromatic nitrogens is 2. The molecular weight excluding hydrogens is 696 g/mol. The van der Waals surface area contributed by atoms with Crippen molar-refractivity contribution in [1.82, 2.24) is 9.55 Å². The van der Waals surface area contributed by atoms with Gasteiger partial charge in [-0.2, -0.15) is 47.5 Å². The fourth-order valence-electron chi connectivity index (χ4n) is 6.12. The van der Waals surface area contributed by atoms with E-state index in [2.05, 4.69) is 152 Å². The van der Waals surface area contributed by atoms with Gasteiger partial charge in [0.2, 0.25) is 0 Å². The molecule has 7 rings (SSSR count). The number of rotatable bonds is 5. The van der Waals surface area contributed by atoms with Crippen LogP contribution in [0.15, 0.2) is 97.2 Å². The van der Waals surface area contributed by atoms with Crippen molar-refractivity contribution in [1.29, 1.82) is 0 Å². The van der Waals surface area contributed by atoms with E-state index in [9.17, 15) is 0 Å². The molecule has 0 aliphatic carbocycles. The van der Waals surface area contributed by atoms with Crippen molar-refractivity contribution in [3.05, 3.63) is 126 Å². The molecule has 0 saturated heterocycles. The van der Waals surface area contributed by atoms with E-state index >= 15 is 0 Å². The second kappa shape index (κ2) is 10.7. The molecular formula is C37H34N4Pt. The number of fused-ring (bicyclic) bond motifs is 4. The summed E-state index contributed by atoms with van der Waals surface area (Å²) in [5.74, 6) is 1.35. The Morgan fingerprint density at radius 2 is 1.52 bits per heavy atom. The van der Waals surface area contributed by atoms with E-state index in [1.807, 2.05) is 6.20 Å². The van der Waals surface area contributed by atoms with Gasteiger partial charge >= 0.3 is 21.1 Å². The van der Waals surface area contributed by atoms with Crippen LogP contribution < -0.4 is 9.80 Å². The van der Waals surface area contributed by atoms with Gasteiger partial charge in [0, 0.05) is 18.8 Å². The zero-order valence-electron chi connectivity index (χ0n) is 24.6. The van der Waals surface area contributed by atoms with Crippen molar-refractivity contribution in [2.75, 3.05) is 23.5 Å². The Morgan fingerprint density at radius 1 is 0.786 bits per heavy atom. The number of pyridine rings is 1. The number of hydrogen-bond acceptors (Lipinski definition) is 3. The number of para-hydroxylation sites is 3. The van der Waals surface area contributed by atoms with Gasteiger partial charge in [0.05, 0.1) is 18.0 Å². The number of nitrogens with zero attached hydrogens (tertiary/aromatic N) is 4. The van der Waals surface area contributed by atoms with Crippen molar-refractivity contribution >= 4 is 38.9 Å². The molecule has 0 N–H and O–H groups in total. The first kappa shape index (κ1) is 28.2. The third-order valence-corrected chi connectivity index (χ3v) is 8.60. The summed E-state index contributed by atoms with van der Waals surface area (Å²) in [4.78, 5) is 9.44. The van der Waals surface area contributed by atoms with Gasteiger partial charge in [-0.25, -0.2) is 4.98 Å². The van der Waals surface area contributed by atoms with Crippen molar-refractivity contribution in [2.24, 2.45) is 0 Å². The van der Waals surface area contributed by atoms with Crippen LogP contribution in [0.1, 0.15) is 50.3 Å². The quantitative estimate of drug-likeness (QED) is 0.166. The summed E-state index contributed by atoms with van der Waals surface area (Å²) in [5.41, 5.74) is 8.96. The average molecular weight is 730 g/mol. The van der Waals surface area contributed by atoms with Crippen LogP contribution in [-0.2, 0) is 26.5 Å². The maximum atomic E-state index is 4.82. The van der Waals surface area contributed by atoms with Gasteiger partial charge < -0.3 is 14.4 Å². The molecule has 6 aromatic rings. The molecule has 2 aromatic heterocycles. The first-order valence-corrected chi connectivity index (χ1v) is 14.4. The molecule has 42 heavy (non-hydrogen) atoms. The molecule has 0 bridgehead atoms. The molecule has 0 radical (unpaired) electrons. The average Bonchev–Trinajstić information content (AvgIpc) is 3.52. The van der Waals surface area contributed by atoms with Crippen LogP contribution in [0, 0.1) is 12.1 Å². The SMILES string of the molecule is CC(C)c1ccnc(-n2c3[c-]c(C(C)(C)c4[c-]c(N5CN(C)c6ccccc65)ccc4)ccc3c3ccccc32)c1.[Pt+2]. The maximum Gasteiger partial charge on any atom is 2.00 e. The minimum Gasteiger partial charge on any atom is -0.355 e. The Morgan fingerprint density at radius 3 is 2.33 bits per heavy atom. The van der Waals surface area contributed by atoms with Crippen LogP contribution in [0.5, 0.6) is 0 Å². The third kappa shape index (κ3) is 4.53. The minimum absolute atomic E-state index is 0. The molecule has 1 aliphatic rings. The monoisotopic (exact) mass is 729 g/mol. The molecule has 0 fully saturated rings. The fourth-order valence-corrected chi connectivity index (χ4v) is 6.12. The van der Waals surface area contributed by atoms with Crippen molar-refractivity contribution in [3.63, 3.8) is 0 Å². The normalized spacial score (nSPS) is 13.2. The molecule has 0 unspecified atom stereocenters. The van der Waals surface area contributed by atoms with Crippen LogP contribution in [0.2, 0.25) is 0 Å². The first-order valence-electron chi connectivity index (χ1n) is 14.4. The van der Waals surface area contributed by atoms with Crippen molar-refractivity contribution < 1.29 is 21.1 Å². The molecule has 4 nitrogen and oxygen atoms in total. The molecule has 0 amide bonds. The molecule has 0 atom stereocenters. The zero-order valence-corrected chi connectivity index (χ0v) is 26.9. The van der Waals surface area contributed by atoms with Crippen LogP contribution in [0.25, 0.3) is 27.6 Å². The Kier molecular flexibility index (Phi) is 7.23. The van der Waals surface area contributed by atoms with E-state index in [1.165, 1.54) is 27.7 Å². The Hall–Kier alpha value is -3.88. The second-order valence-corrected chi connectivity index (χ2v) is 11.9. The Labute approximate surface area is 262 Å². The van der Waals surface area contributed by atoms with E-state index in [0.29, 0.717) is 5.92 Å². The Bertz CT molecular complexity index is 1920. The van der Waals surface area contributed by atoms with Gasteiger partial charge in [-0.1, -0.05) is 69.2 Å². The van der Waals surface area contributed by atoms with Gasteiger partial charge in [0.15, 0.2) is 0 Å². The van der Waals surface area contributed by atoms with Gasteiger partial charge in [0.1, 0.15) is 5.82 Å². The molecule has 1 aliphatic heterocycles. The van der Waals surface area contributed by atoms with Crippen molar-refractivity contribution in [3.8, 4) is 5.82 Å². The molecule has 0 saturated carbocycles. The van der Waals surface area contributed by atoms with Crippen LogP contribution in [0.3, 0.4) is 0 Å². The van der Waals surface area contributed by atoms with E-state index in [0.717, 1.165) is 40.3 Å². The second-order valence-electron chi connectivity index (χ2n) is 11.9. The summed E-state index contributed by atoms with van der Waals surface area (Å²) >= 11 is 0. The van der Waals surface area contributed by atoms with E-state index in [1.54, 1.807) is 0 Å². The summed E-state index contributed by atoms with van der Waals surface area (Å²) in [5, 5.41) is 2.40. The maximum absolute atomic E-state index is 4.82. The van der Waals surface area contributed by atoms with E-state index < -0.39 is 0 Å². The van der Waals surface area contributed by atoms with Crippen LogP contribution >= 0.6 is 0 Å². The molecule has 5 heteroatoms. The van der Waals surface area contributed by atoms with Gasteiger partial charge in [-0.3, -0.25) is 0 Å². The predicted octanol–water partition coefficient (Wildman–Crippen LogP) is 8.77. The topological polar surface area (TPSA) is 24.3 Å². The Balaban J connectivity index is 0.00000316. The largest absolute Gasteiger partial charge is 2.00 e. The van der Waals surface area contributed by atoms with Gasteiger partial charge in [-0.05, 0) is 52.6 Å². The summed E-state index contributed by atoms with van der Waals surface area (Å²) < 4.78 is 2.27. The molecule has 212 valence electrons. The van der Waals surface area contributed by atoms with Crippen LogP contribution in [-0.4, -0.2) is 23.3 Å². The zero-order chi connectivity index (χ0) is 28.3. The van der Waals surface area contributed by atoms with E-state index in [4.69, 9.17) is 4.98 Å². The van der Waals surface area contributed by atoms with Crippen LogP contribution in [0.4, 0.5) is 17.1 Å². The summed E-state index contributed by atoms with van der Waals surface area (Å²) in [6.07, 6.45) is 1.92. The van der Waals surface area contributed by atoms with E-state index in [-0.39, 0.29) is 26.5 Å². The summed E-state index contributed by atoms with van der Waals surface area (Å²) in [6.45, 7) is 9.80. The number of anilines is 3. The minimum atomic E-state index is -0.316. The first-order chi connectivity index (χ1) is 19.8. The number of benzene rings is 4. The van der Waals surface area contributed by atoms with Gasteiger partial charge in [-0.15, -0.1) is 11.5 Å².